The molecule has 3 rings (SSSR count). The van der Waals surface area contributed by atoms with Gasteiger partial charge in [-0.05, 0) is 18.2 Å². The summed E-state index contributed by atoms with van der Waals surface area (Å²) in [6, 6.07) is 15.6. The standard InChI is InChI=1S/C20H22Cl2N2O2/c21-16-8-9-19(17(22)12-16)26-14-20(25)23-13-18(24-10-4-5-11-24)15-6-2-1-3-7-15/h1-3,6-9,12,18H,4-5,10-11,13-14H2,(H,23,25)/p+1/t18-/m0/s1. The molecule has 2 aromatic rings. The minimum absolute atomic E-state index is 0.0712. The topological polar surface area (TPSA) is 42.8 Å². The third kappa shape index (κ3) is 5.13. The van der Waals surface area contributed by atoms with Gasteiger partial charge in [0.2, 0.25) is 0 Å². The van der Waals surface area contributed by atoms with Crippen molar-refractivity contribution in [2.24, 2.45) is 0 Å². The first-order chi connectivity index (χ1) is 12.6. The molecule has 0 saturated carbocycles. The Balaban J connectivity index is 1.55. The molecule has 0 aromatic heterocycles. The summed E-state index contributed by atoms with van der Waals surface area (Å²) < 4.78 is 5.51. The molecular weight excluding hydrogens is 371 g/mol. The first-order valence-electron chi connectivity index (χ1n) is 8.87. The van der Waals surface area contributed by atoms with Crippen LogP contribution in [0.3, 0.4) is 0 Å². The highest BCUT2D eigenvalue weighted by Crippen LogP contribution is 2.27. The van der Waals surface area contributed by atoms with Crippen LogP contribution in [0.4, 0.5) is 0 Å². The van der Waals surface area contributed by atoms with E-state index in [0.717, 1.165) is 13.1 Å². The Bertz CT molecular complexity index is 734. The zero-order chi connectivity index (χ0) is 18.4. The number of rotatable bonds is 7. The molecule has 1 fully saturated rings. The maximum Gasteiger partial charge on any atom is 0.258 e. The largest absolute Gasteiger partial charge is 0.482 e. The summed E-state index contributed by atoms with van der Waals surface area (Å²) in [5.41, 5.74) is 1.26. The molecule has 2 N–H and O–H groups in total. The van der Waals surface area contributed by atoms with Gasteiger partial charge >= 0.3 is 0 Å². The van der Waals surface area contributed by atoms with E-state index in [-0.39, 0.29) is 18.6 Å². The molecule has 2 aromatic carbocycles. The number of ether oxygens (including phenoxy) is 1. The first-order valence-corrected chi connectivity index (χ1v) is 9.63. The fourth-order valence-corrected chi connectivity index (χ4v) is 3.83. The average Bonchev–Trinajstić information content (AvgIpc) is 3.16. The monoisotopic (exact) mass is 393 g/mol. The molecule has 0 radical (unpaired) electrons. The molecule has 6 heteroatoms. The second-order valence-electron chi connectivity index (χ2n) is 6.50. The highest BCUT2D eigenvalue weighted by atomic mass is 35.5. The molecule has 1 saturated heterocycles. The molecule has 1 heterocycles. The molecular formula is C20H23Cl2N2O2+. The van der Waals surface area contributed by atoms with Crippen molar-refractivity contribution in [3.05, 3.63) is 64.1 Å². The number of quaternary nitrogens is 1. The van der Waals surface area contributed by atoms with Gasteiger partial charge in [-0.15, -0.1) is 0 Å². The Labute approximate surface area is 164 Å². The van der Waals surface area contributed by atoms with Crippen LogP contribution in [0.1, 0.15) is 24.4 Å². The van der Waals surface area contributed by atoms with Gasteiger partial charge in [0.15, 0.2) is 6.61 Å². The zero-order valence-corrected chi connectivity index (χ0v) is 16.0. The number of likely N-dealkylation sites (tertiary alicyclic amines) is 1. The number of hydrogen-bond acceptors (Lipinski definition) is 2. The minimum Gasteiger partial charge on any atom is -0.482 e. The van der Waals surface area contributed by atoms with Gasteiger partial charge in [0, 0.05) is 23.4 Å². The van der Waals surface area contributed by atoms with Crippen LogP contribution in [-0.2, 0) is 4.79 Å². The van der Waals surface area contributed by atoms with E-state index >= 15 is 0 Å². The van der Waals surface area contributed by atoms with Crippen molar-refractivity contribution in [3.8, 4) is 5.75 Å². The van der Waals surface area contributed by atoms with Crippen molar-refractivity contribution < 1.29 is 14.4 Å². The summed E-state index contributed by atoms with van der Waals surface area (Å²) >= 11 is 11.9. The van der Waals surface area contributed by atoms with E-state index in [1.165, 1.54) is 23.3 Å². The van der Waals surface area contributed by atoms with E-state index in [4.69, 9.17) is 27.9 Å². The molecule has 26 heavy (non-hydrogen) atoms. The van der Waals surface area contributed by atoms with Gasteiger partial charge < -0.3 is 15.0 Å². The highest BCUT2D eigenvalue weighted by molar-refractivity contribution is 6.35. The molecule has 4 nitrogen and oxygen atoms in total. The molecule has 1 atom stereocenters. The lowest BCUT2D eigenvalue weighted by atomic mass is 10.1. The Morgan fingerprint density at radius 1 is 1.12 bits per heavy atom. The van der Waals surface area contributed by atoms with Gasteiger partial charge in [-0.2, -0.15) is 0 Å². The van der Waals surface area contributed by atoms with Gasteiger partial charge in [-0.3, -0.25) is 4.79 Å². The third-order valence-electron chi connectivity index (χ3n) is 4.70. The summed E-state index contributed by atoms with van der Waals surface area (Å²) in [5, 5.41) is 3.94. The van der Waals surface area contributed by atoms with E-state index in [1.54, 1.807) is 18.2 Å². The predicted octanol–water partition coefficient (Wildman–Crippen LogP) is 2.91. The van der Waals surface area contributed by atoms with Gasteiger partial charge in [-0.25, -0.2) is 0 Å². The maximum absolute atomic E-state index is 12.2. The van der Waals surface area contributed by atoms with Crippen LogP contribution in [0.2, 0.25) is 10.0 Å². The SMILES string of the molecule is O=C(COc1ccc(Cl)cc1Cl)NC[C@@H](c1ccccc1)[NH+]1CCCC1. The second kappa shape index (κ2) is 9.26. The van der Waals surface area contributed by atoms with E-state index in [2.05, 4.69) is 17.4 Å². The number of nitrogens with one attached hydrogen (secondary N) is 2. The first kappa shape index (κ1) is 19.0. The summed E-state index contributed by atoms with van der Waals surface area (Å²) in [6.07, 6.45) is 2.48. The molecule has 0 aliphatic carbocycles. The third-order valence-corrected chi connectivity index (χ3v) is 5.23. The minimum atomic E-state index is -0.157. The number of benzene rings is 2. The molecule has 138 valence electrons. The molecule has 0 spiro atoms. The Morgan fingerprint density at radius 3 is 2.54 bits per heavy atom. The van der Waals surface area contributed by atoms with E-state index < -0.39 is 0 Å². The van der Waals surface area contributed by atoms with Crippen molar-refractivity contribution >= 4 is 29.1 Å². The molecule has 0 bridgehead atoms. The van der Waals surface area contributed by atoms with Crippen LogP contribution in [0.15, 0.2) is 48.5 Å². The molecule has 1 amide bonds. The number of hydrogen-bond donors (Lipinski definition) is 2. The summed E-state index contributed by atoms with van der Waals surface area (Å²) in [5.74, 6) is 0.298. The Morgan fingerprint density at radius 2 is 1.85 bits per heavy atom. The summed E-state index contributed by atoms with van der Waals surface area (Å²) in [4.78, 5) is 13.8. The van der Waals surface area contributed by atoms with Gasteiger partial charge in [0.1, 0.15) is 11.8 Å². The zero-order valence-electron chi connectivity index (χ0n) is 14.5. The van der Waals surface area contributed by atoms with Crippen LogP contribution in [0.5, 0.6) is 5.75 Å². The fraction of sp³-hybridized carbons (Fsp3) is 0.350. The number of halogens is 2. The van der Waals surface area contributed by atoms with Crippen LogP contribution < -0.4 is 15.0 Å². The predicted molar refractivity (Wildman–Crippen MR) is 104 cm³/mol. The van der Waals surface area contributed by atoms with Crippen LogP contribution in [-0.4, -0.2) is 32.1 Å². The second-order valence-corrected chi connectivity index (χ2v) is 7.34. The Hall–Kier alpha value is -1.75. The van der Waals surface area contributed by atoms with Crippen molar-refractivity contribution in [2.75, 3.05) is 26.2 Å². The van der Waals surface area contributed by atoms with E-state index in [9.17, 15) is 4.79 Å². The maximum atomic E-state index is 12.2. The van der Waals surface area contributed by atoms with Crippen LogP contribution >= 0.6 is 23.2 Å². The van der Waals surface area contributed by atoms with E-state index in [1.807, 2.05) is 18.2 Å². The fourth-order valence-electron chi connectivity index (χ4n) is 3.36. The van der Waals surface area contributed by atoms with Crippen LogP contribution in [0, 0.1) is 0 Å². The van der Waals surface area contributed by atoms with Crippen LogP contribution in [0.25, 0.3) is 0 Å². The smallest absolute Gasteiger partial charge is 0.258 e. The van der Waals surface area contributed by atoms with Gasteiger partial charge in [-0.1, -0.05) is 53.5 Å². The molecule has 0 unspecified atom stereocenters. The van der Waals surface area contributed by atoms with Gasteiger partial charge in [0.05, 0.1) is 24.7 Å². The highest BCUT2D eigenvalue weighted by Gasteiger charge is 2.27. The van der Waals surface area contributed by atoms with Crippen molar-refractivity contribution in [1.29, 1.82) is 0 Å². The van der Waals surface area contributed by atoms with Crippen molar-refractivity contribution in [3.63, 3.8) is 0 Å². The number of carbonyl (C=O) groups is 1. The quantitative estimate of drug-likeness (QED) is 0.759. The Kier molecular flexibility index (Phi) is 6.78. The summed E-state index contributed by atoms with van der Waals surface area (Å²) in [7, 11) is 0. The normalized spacial score (nSPS) is 15.6. The number of carbonyl (C=O) groups excluding carboxylic acids is 1. The lowest BCUT2D eigenvalue weighted by molar-refractivity contribution is -0.918. The lowest BCUT2D eigenvalue weighted by Crippen LogP contribution is -3.11. The number of amides is 1. The van der Waals surface area contributed by atoms with E-state index in [0.29, 0.717) is 22.3 Å². The van der Waals surface area contributed by atoms with Crippen molar-refractivity contribution in [2.45, 2.75) is 18.9 Å². The molecule has 1 aliphatic rings. The van der Waals surface area contributed by atoms with Gasteiger partial charge in [0.25, 0.3) is 5.91 Å². The molecule has 1 aliphatic heterocycles. The summed E-state index contributed by atoms with van der Waals surface area (Å²) in [6.45, 7) is 2.81. The lowest BCUT2D eigenvalue weighted by Gasteiger charge is -2.25. The van der Waals surface area contributed by atoms with Crippen molar-refractivity contribution in [1.82, 2.24) is 5.32 Å². The average molecular weight is 394 g/mol.